The average molecular weight is 368 g/mol. The van der Waals surface area contributed by atoms with E-state index in [2.05, 4.69) is 41.2 Å². The first kappa shape index (κ1) is 14.7. The van der Waals surface area contributed by atoms with Gasteiger partial charge in [0.05, 0.1) is 0 Å². The van der Waals surface area contributed by atoms with E-state index in [4.69, 9.17) is 0 Å². The van der Waals surface area contributed by atoms with Crippen LogP contribution in [0.15, 0.2) is 10.5 Å². The van der Waals surface area contributed by atoms with Gasteiger partial charge in [-0.3, -0.25) is 0 Å². The predicted molar refractivity (Wildman–Crippen MR) is 93.7 cm³/mol. The Bertz CT molecular complexity index is 476. The van der Waals surface area contributed by atoms with Gasteiger partial charge in [0.1, 0.15) is 0 Å². The zero-order valence-corrected chi connectivity index (χ0v) is 15.5. The number of nitrogens with one attached hydrogen (secondary N) is 1. The largest absolute Gasteiger partial charge is 0.309 e. The quantitative estimate of drug-likeness (QED) is 0.736. The summed E-state index contributed by atoms with van der Waals surface area (Å²) in [6.45, 7) is 5.58. The Labute approximate surface area is 141 Å². The van der Waals surface area contributed by atoms with Crippen LogP contribution in [0.25, 0.3) is 0 Å². The Balaban J connectivity index is 1.64. The molecule has 0 radical (unpaired) electrons. The Morgan fingerprint density at radius 2 is 1.81 bits per heavy atom. The van der Waals surface area contributed by atoms with Gasteiger partial charge in [0.25, 0.3) is 0 Å². The third-order valence-corrected chi connectivity index (χ3v) is 8.51. The molecule has 3 heteroatoms. The molecule has 116 valence electrons. The first-order valence-corrected chi connectivity index (χ1v) is 10.3. The van der Waals surface area contributed by atoms with Crippen molar-refractivity contribution < 1.29 is 0 Å². The van der Waals surface area contributed by atoms with Gasteiger partial charge in [-0.2, -0.15) is 0 Å². The van der Waals surface area contributed by atoms with Crippen molar-refractivity contribution in [1.29, 1.82) is 0 Å². The Kier molecular flexibility index (Phi) is 3.96. The normalized spacial score (nSPS) is 38.9. The maximum atomic E-state index is 3.86. The lowest BCUT2D eigenvalue weighted by Gasteiger charge is -2.56. The van der Waals surface area contributed by atoms with E-state index in [0.717, 1.165) is 36.1 Å². The summed E-state index contributed by atoms with van der Waals surface area (Å²) in [5.74, 6) is 5.02. The SMILES string of the molecule is CCNC(c1cc(Br)c(C)s1)C1C2CC3CC(C2)CC1C3. The fourth-order valence-electron chi connectivity index (χ4n) is 5.79. The highest BCUT2D eigenvalue weighted by atomic mass is 79.9. The molecule has 4 bridgehead atoms. The fraction of sp³-hybridized carbons (Fsp3) is 0.778. The highest BCUT2D eigenvalue weighted by Gasteiger charge is 2.50. The number of rotatable bonds is 4. The molecule has 1 unspecified atom stereocenters. The molecule has 1 aromatic rings. The highest BCUT2D eigenvalue weighted by Crippen LogP contribution is 2.59. The molecule has 0 aromatic carbocycles. The minimum atomic E-state index is 0.597. The average Bonchev–Trinajstić information content (AvgIpc) is 2.76. The molecule has 1 nitrogen and oxygen atoms in total. The fourth-order valence-corrected chi connectivity index (χ4v) is 7.49. The van der Waals surface area contributed by atoms with Gasteiger partial charge in [-0.05, 0) is 97.2 Å². The molecule has 4 saturated carbocycles. The molecule has 1 heterocycles. The Morgan fingerprint density at radius 3 is 2.29 bits per heavy atom. The minimum Gasteiger partial charge on any atom is -0.309 e. The summed E-state index contributed by atoms with van der Waals surface area (Å²) in [5, 5.41) is 3.86. The smallest absolute Gasteiger partial charge is 0.0449 e. The summed E-state index contributed by atoms with van der Waals surface area (Å²) >= 11 is 5.72. The van der Waals surface area contributed by atoms with Gasteiger partial charge in [0.2, 0.25) is 0 Å². The molecule has 0 spiro atoms. The molecule has 4 aliphatic rings. The summed E-state index contributed by atoms with van der Waals surface area (Å²) in [4.78, 5) is 3.00. The third-order valence-electron chi connectivity index (χ3n) is 6.29. The molecular formula is C18H26BrNS. The van der Waals surface area contributed by atoms with Crippen LogP contribution < -0.4 is 5.32 Å². The molecule has 4 aliphatic carbocycles. The van der Waals surface area contributed by atoms with Crippen molar-refractivity contribution in [3.63, 3.8) is 0 Å². The van der Waals surface area contributed by atoms with Gasteiger partial charge in [0, 0.05) is 20.3 Å². The van der Waals surface area contributed by atoms with E-state index < -0.39 is 0 Å². The van der Waals surface area contributed by atoms with Crippen LogP contribution in [0.4, 0.5) is 0 Å². The number of halogens is 1. The summed E-state index contributed by atoms with van der Waals surface area (Å²) < 4.78 is 1.30. The van der Waals surface area contributed by atoms with Crippen LogP contribution in [0.1, 0.15) is 54.8 Å². The first-order chi connectivity index (χ1) is 10.2. The standard InChI is InChI=1S/C18H26BrNS/c1-3-20-18(16-9-15(19)10(2)21-16)17-13-5-11-4-12(7-13)8-14(17)6-11/h9,11-14,17-18,20H,3-8H2,1-2H3. The number of hydrogen-bond donors (Lipinski definition) is 1. The molecule has 0 aliphatic heterocycles. The molecule has 5 rings (SSSR count). The summed E-state index contributed by atoms with van der Waals surface area (Å²) in [5.41, 5.74) is 0. The molecule has 4 fully saturated rings. The van der Waals surface area contributed by atoms with Gasteiger partial charge < -0.3 is 5.32 Å². The topological polar surface area (TPSA) is 12.0 Å². The summed E-state index contributed by atoms with van der Waals surface area (Å²) in [6, 6.07) is 2.98. The van der Waals surface area contributed by atoms with Crippen LogP contribution in [0.2, 0.25) is 0 Å². The van der Waals surface area contributed by atoms with E-state index in [1.54, 1.807) is 11.3 Å². The van der Waals surface area contributed by atoms with Gasteiger partial charge >= 0.3 is 0 Å². The van der Waals surface area contributed by atoms with Crippen molar-refractivity contribution >= 4 is 27.3 Å². The van der Waals surface area contributed by atoms with E-state index in [-0.39, 0.29) is 0 Å². The van der Waals surface area contributed by atoms with Crippen molar-refractivity contribution in [2.75, 3.05) is 6.54 Å². The van der Waals surface area contributed by atoms with E-state index in [0.29, 0.717) is 6.04 Å². The maximum absolute atomic E-state index is 3.86. The molecule has 0 saturated heterocycles. The molecule has 21 heavy (non-hydrogen) atoms. The third kappa shape index (κ3) is 2.53. The van der Waals surface area contributed by atoms with Crippen LogP contribution in [-0.2, 0) is 0 Å². The number of hydrogen-bond acceptors (Lipinski definition) is 2. The molecule has 1 atom stereocenters. The molecular weight excluding hydrogens is 342 g/mol. The van der Waals surface area contributed by atoms with Gasteiger partial charge in [-0.15, -0.1) is 11.3 Å². The second-order valence-corrected chi connectivity index (χ2v) is 9.74. The first-order valence-electron chi connectivity index (χ1n) is 8.65. The van der Waals surface area contributed by atoms with E-state index in [1.807, 2.05) is 11.3 Å². The second kappa shape index (κ2) is 5.65. The van der Waals surface area contributed by atoms with Crippen LogP contribution in [0.5, 0.6) is 0 Å². The van der Waals surface area contributed by atoms with Crippen LogP contribution >= 0.6 is 27.3 Å². The van der Waals surface area contributed by atoms with E-state index in [9.17, 15) is 0 Å². The van der Waals surface area contributed by atoms with Crippen molar-refractivity contribution in [3.05, 3.63) is 20.3 Å². The van der Waals surface area contributed by atoms with Crippen LogP contribution in [0.3, 0.4) is 0 Å². The summed E-state index contributed by atoms with van der Waals surface area (Å²) in [6.07, 6.45) is 7.63. The van der Waals surface area contributed by atoms with Crippen molar-refractivity contribution in [1.82, 2.24) is 5.32 Å². The summed E-state index contributed by atoms with van der Waals surface area (Å²) in [7, 11) is 0. The second-order valence-electron chi connectivity index (χ2n) is 7.60. The monoisotopic (exact) mass is 367 g/mol. The predicted octanol–water partition coefficient (Wildman–Crippen LogP) is 5.54. The van der Waals surface area contributed by atoms with Gasteiger partial charge in [-0.25, -0.2) is 0 Å². The Morgan fingerprint density at radius 1 is 1.19 bits per heavy atom. The lowest BCUT2D eigenvalue weighted by Crippen LogP contribution is -2.49. The van der Waals surface area contributed by atoms with Crippen molar-refractivity contribution in [2.45, 2.75) is 52.0 Å². The van der Waals surface area contributed by atoms with Gasteiger partial charge in [0.15, 0.2) is 0 Å². The zero-order valence-electron chi connectivity index (χ0n) is 13.1. The van der Waals surface area contributed by atoms with Crippen LogP contribution in [-0.4, -0.2) is 6.54 Å². The lowest BCUT2D eigenvalue weighted by atomic mass is 9.50. The molecule has 1 aromatic heterocycles. The number of thiophene rings is 1. The lowest BCUT2D eigenvalue weighted by molar-refractivity contribution is -0.0518. The zero-order chi connectivity index (χ0) is 14.6. The van der Waals surface area contributed by atoms with E-state index >= 15 is 0 Å². The molecule has 1 N–H and O–H groups in total. The van der Waals surface area contributed by atoms with E-state index in [1.165, 1.54) is 35.0 Å². The highest BCUT2D eigenvalue weighted by molar-refractivity contribution is 9.10. The maximum Gasteiger partial charge on any atom is 0.0449 e. The van der Waals surface area contributed by atoms with Crippen molar-refractivity contribution in [2.24, 2.45) is 29.6 Å². The Hall–Kier alpha value is 0.140. The minimum absolute atomic E-state index is 0.597. The van der Waals surface area contributed by atoms with Crippen molar-refractivity contribution in [3.8, 4) is 0 Å². The number of aryl methyl sites for hydroxylation is 1. The molecule has 0 amide bonds. The van der Waals surface area contributed by atoms with Crippen LogP contribution in [0, 0.1) is 36.5 Å². The van der Waals surface area contributed by atoms with Gasteiger partial charge in [-0.1, -0.05) is 6.92 Å².